The number of fused-ring (bicyclic) bond motifs is 1. The van der Waals surface area contributed by atoms with Crippen LogP contribution < -0.4 is 0 Å². The van der Waals surface area contributed by atoms with Crippen molar-refractivity contribution >= 4 is 11.6 Å². The van der Waals surface area contributed by atoms with E-state index in [4.69, 9.17) is 11.6 Å². The normalized spacial score (nSPS) is 17.9. The maximum atomic E-state index is 5.46. The molecule has 0 amide bonds. The predicted molar refractivity (Wildman–Crippen MR) is 50.3 cm³/mol. The molecule has 5 heteroatoms. The molecule has 1 aromatic rings. The molecule has 0 atom stereocenters. The third-order valence-electron chi connectivity index (χ3n) is 2.17. The van der Waals surface area contributed by atoms with E-state index >= 15 is 0 Å². The number of aromatic nitrogens is 3. The average molecular weight is 199 g/mol. The van der Waals surface area contributed by atoms with Crippen LogP contribution in [-0.4, -0.2) is 32.8 Å². The topological polar surface area (TPSA) is 34.0 Å². The van der Waals surface area contributed by atoms with Crippen LogP contribution in [0.25, 0.3) is 0 Å². The van der Waals surface area contributed by atoms with Crippen LogP contribution in [-0.2, 0) is 13.1 Å². The molecular formula is C8H11ClN4. The first-order valence-corrected chi connectivity index (χ1v) is 4.68. The van der Waals surface area contributed by atoms with Gasteiger partial charge in [0.1, 0.15) is 12.2 Å². The lowest BCUT2D eigenvalue weighted by molar-refractivity contribution is 0.239. The molecule has 0 unspecified atom stereocenters. The lowest BCUT2D eigenvalue weighted by Crippen LogP contribution is -2.33. The number of halogens is 1. The van der Waals surface area contributed by atoms with Crippen molar-refractivity contribution in [2.45, 2.75) is 13.1 Å². The van der Waals surface area contributed by atoms with Crippen molar-refractivity contribution in [2.24, 2.45) is 0 Å². The van der Waals surface area contributed by atoms with E-state index in [1.54, 1.807) is 11.9 Å². The minimum absolute atomic E-state index is 0.862. The second-order valence-corrected chi connectivity index (χ2v) is 3.29. The quantitative estimate of drug-likeness (QED) is 0.707. The molecule has 70 valence electrons. The molecule has 4 nitrogen and oxygen atoms in total. The van der Waals surface area contributed by atoms with Gasteiger partial charge >= 0.3 is 0 Å². The fourth-order valence-corrected chi connectivity index (χ4v) is 1.54. The van der Waals surface area contributed by atoms with Crippen molar-refractivity contribution in [1.82, 2.24) is 19.7 Å². The first kappa shape index (κ1) is 8.72. The van der Waals surface area contributed by atoms with Gasteiger partial charge in [-0.25, -0.2) is 0 Å². The maximum Gasteiger partial charge on any atom is 0.147 e. The lowest BCUT2D eigenvalue weighted by Gasteiger charge is -2.25. The number of hydrogen-bond acceptors (Lipinski definition) is 3. The highest BCUT2D eigenvalue weighted by molar-refractivity contribution is 6.25. The summed E-state index contributed by atoms with van der Waals surface area (Å²) in [4.78, 5) is 2.28. The van der Waals surface area contributed by atoms with Crippen molar-refractivity contribution in [3.05, 3.63) is 23.8 Å². The molecule has 0 fully saturated rings. The molecule has 1 aromatic heterocycles. The zero-order chi connectivity index (χ0) is 9.10. The van der Waals surface area contributed by atoms with E-state index in [2.05, 4.69) is 19.7 Å². The maximum absolute atomic E-state index is 5.46. The molecule has 0 aromatic carbocycles. The molecule has 0 saturated heterocycles. The minimum Gasteiger partial charge on any atom is -0.315 e. The van der Waals surface area contributed by atoms with E-state index in [9.17, 15) is 0 Å². The van der Waals surface area contributed by atoms with Gasteiger partial charge in [-0.15, -0.1) is 10.2 Å². The van der Waals surface area contributed by atoms with E-state index in [1.807, 2.05) is 6.08 Å². The standard InChI is InChI=1S/C8H11ClN4/c9-2-1-3-12-4-5-13-7-10-11-8(13)6-12/h1-2,7H,3-6H2/b2-1+. The highest BCUT2D eigenvalue weighted by Gasteiger charge is 2.15. The van der Waals surface area contributed by atoms with Gasteiger partial charge in [-0.05, 0) is 0 Å². The largest absolute Gasteiger partial charge is 0.315 e. The molecule has 1 aliphatic rings. The fraction of sp³-hybridized carbons (Fsp3) is 0.500. The predicted octanol–water partition coefficient (Wildman–Crippen LogP) is 0.846. The van der Waals surface area contributed by atoms with Crippen molar-refractivity contribution in [2.75, 3.05) is 13.1 Å². The van der Waals surface area contributed by atoms with Crippen LogP contribution in [0.15, 0.2) is 17.9 Å². The van der Waals surface area contributed by atoms with Gasteiger partial charge in [-0.2, -0.15) is 0 Å². The highest BCUT2D eigenvalue weighted by Crippen LogP contribution is 2.08. The van der Waals surface area contributed by atoms with Gasteiger partial charge in [0.2, 0.25) is 0 Å². The molecule has 0 radical (unpaired) electrons. The Labute approximate surface area is 81.8 Å². The molecular weight excluding hydrogens is 188 g/mol. The van der Waals surface area contributed by atoms with Gasteiger partial charge in [0, 0.05) is 25.2 Å². The molecule has 0 N–H and O–H groups in total. The molecule has 2 rings (SSSR count). The first-order chi connectivity index (χ1) is 6.40. The second-order valence-electron chi connectivity index (χ2n) is 3.04. The monoisotopic (exact) mass is 198 g/mol. The summed E-state index contributed by atoms with van der Waals surface area (Å²) in [7, 11) is 0. The van der Waals surface area contributed by atoms with E-state index in [-0.39, 0.29) is 0 Å². The van der Waals surface area contributed by atoms with Crippen molar-refractivity contribution < 1.29 is 0 Å². The molecule has 0 saturated carbocycles. The Morgan fingerprint density at radius 2 is 2.46 bits per heavy atom. The summed E-state index contributed by atoms with van der Waals surface area (Å²) in [6.45, 7) is 3.75. The Morgan fingerprint density at radius 3 is 3.31 bits per heavy atom. The smallest absolute Gasteiger partial charge is 0.147 e. The van der Waals surface area contributed by atoms with E-state index in [1.165, 1.54) is 0 Å². The van der Waals surface area contributed by atoms with Crippen LogP contribution in [0.2, 0.25) is 0 Å². The molecule has 1 aliphatic heterocycles. The van der Waals surface area contributed by atoms with Gasteiger partial charge in [0.05, 0.1) is 6.54 Å². The number of rotatable bonds is 2. The van der Waals surface area contributed by atoms with E-state index in [0.29, 0.717) is 0 Å². The summed E-state index contributed by atoms with van der Waals surface area (Å²) in [5.41, 5.74) is 1.55. The third kappa shape index (κ3) is 1.89. The fourth-order valence-electron chi connectivity index (χ4n) is 1.46. The third-order valence-corrected chi connectivity index (χ3v) is 2.35. The summed E-state index contributed by atoms with van der Waals surface area (Å²) < 4.78 is 2.08. The zero-order valence-corrected chi connectivity index (χ0v) is 7.98. The Bertz CT molecular complexity index is 307. The molecule has 0 spiro atoms. The average Bonchev–Trinajstić information content (AvgIpc) is 2.61. The van der Waals surface area contributed by atoms with Gasteiger partial charge in [-0.3, -0.25) is 4.90 Å². The Morgan fingerprint density at radius 1 is 1.54 bits per heavy atom. The summed E-state index contributed by atoms with van der Waals surface area (Å²) in [5.74, 6) is 1.04. The second kappa shape index (κ2) is 3.89. The van der Waals surface area contributed by atoms with Crippen LogP contribution in [0.3, 0.4) is 0 Å². The number of hydrogen-bond donors (Lipinski definition) is 0. The van der Waals surface area contributed by atoms with Crippen LogP contribution in [0.5, 0.6) is 0 Å². The Hall–Kier alpha value is -0.870. The lowest BCUT2D eigenvalue weighted by atomic mass is 10.3. The van der Waals surface area contributed by atoms with Crippen LogP contribution in [0, 0.1) is 0 Å². The number of nitrogens with zero attached hydrogens (tertiary/aromatic N) is 4. The Kier molecular flexibility index (Phi) is 2.61. The van der Waals surface area contributed by atoms with Gasteiger partial charge < -0.3 is 4.57 Å². The van der Waals surface area contributed by atoms with E-state index < -0.39 is 0 Å². The van der Waals surface area contributed by atoms with Crippen molar-refractivity contribution in [3.63, 3.8) is 0 Å². The molecule has 13 heavy (non-hydrogen) atoms. The van der Waals surface area contributed by atoms with Crippen LogP contribution in [0.4, 0.5) is 0 Å². The van der Waals surface area contributed by atoms with Crippen molar-refractivity contribution in [3.8, 4) is 0 Å². The van der Waals surface area contributed by atoms with Gasteiger partial charge in [-0.1, -0.05) is 17.7 Å². The first-order valence-electron chi connectivity index (χ1n) is 4.24. The minimum atomic E-state index is 0.862. The van der Waals surface area contributed by atoms with Crippen LogP contribution >= 0.6 is 11.6 Å². The van der Waals surface area contributed by atoms with Crippen molar-refractivity contribution in [1.29, 1.82) is 0 Å². The SMILES string of the molecule is Cl/C=C/CN1CCn2cnnc2C1. The van der Waals surface area contributed by atoms with E-state index in [0.717, 1.165) is 32.0 Å². The molecule has 0 bridgehead atoms. The summed E-state index contributed by atoms with van der Waals surface area (Å²) in [5, 5.41) is 7.89. The van der Waals surface area contributed by atoms with Crippen LogP contribution in [0.1, 0.15) is 5.82 Å². The summed E-state index contributed by atoms with van der Waals surface area (Å²) in [6.07, 6.45) is 3.72. The Balaban J connectivity index is 2.00. The van der Waals surface area contributed by atoms with Gasteiger partial charge in [0.25, 0.3) is 0 Å². The molecule has 0 aliphatic carbocycles. The summed E-state index contributed by atoms with van der Waals surface area (Å²) in [6, 6.07) is 0. The zero-order valence-electron chi connectivity index (χ0n) is 7.23. The molecule has 2 heterocycles. The summed E-state index contributed by atoms with van der Waals surface area (Å²) >= 11 is 5.46. The van der Waals surface area contributed by atoms with Gasteiger partial charge in [0.15, 0.2) is 0 Å². The highest BCUT2D eigenvalue weighted by atomic mass is 35.5.